The minimum atomic E-state index is -1.58. The van der Waals surface area contributed by atoms with Crippen LogP contribution >= 0.6 is 23.1 Å². The van der Waals surface area contributed by atoms with Crippen LogP contribution < -0.4 is 0 Å². The molecule has 0 radical (unpaired) electrons. The summed E-state index contributed by atoms with van der Waals surface area (Å²) in [7, 11) is 0. The van der Waals surface area contributed by atoms with Crippen molar-refractivity contribution in [2.24, 2.45) is 0 Å². The minimum absolute atomic E-state index is 0.361. The fourth-order valence-corrected chi connectivity index (χ4v) is 3.25. The highest BCUT2D eigenvalue weighted by molar-refractivity contribution is 8.05. The quantitative estimate of drug-likeness (QED) is 0.260. The molecule has 21 heavy (non-hydrogen) atoms. The van der Waals surface area contributed by atoms with E-state index in [-0.39, 0.29) is 0 Å². The Morgan fingerprint density at radius 2 is 2.14 bits per heavy atom. The van der Waals surface area contributed by atoms with E-state index in [0.717, 1.165) is 9.11 Å². The fourth-order valence-electron chi connectivity index (χ4n) is 1.31. The zero-order valence-corrected chi connectivity index (χ0v) is 13.0. The molecule has 0 saturated carbocycles. The Labute approximate surface area is 130 Å². The van der Waals surface area contributed by atoms with E-state index in [1.165, 1.54) is 23.1 Å². The third-order valence-electron chi connectivity index (χ3n) is 2.36. The van der Waals surface area contributed by atoms with E-state index in [1.54, 1.807) is 17.5 Å². The summed E-state index contributed by atoms with van der Waals surface area (Å²) in [5.74, 6) is -3.16. The molecule has 0 fully saturated rings. The van der Waals surface area contributed by atoms with Gasteiger partial charge in [-0.3, -0.25) is 9.59 Å². The molecule has 0 spiro atoms. The summed E-state index contributed by atoms with van der Waals surface area (Å²) in [5, 5.41) is 10.1. The molecule has 4 nitrogen and oxygen atoms in total. The van der Waals surface area contributed by atoms with Crippen molar-refractivity contribution in [3.8, 4) is 0 Å². The second kappa shape index (κ2) is 8.39. The number of thiophene rings is 1. The van der Waals surface area contributed by atoms with Gasteiger partial charge in [-0.2, -0.15) is 0 Å². The van der Waals surface area contributed by atoms with E-state index < -0.39 is 24.0 Å². The average Bonchev–Trinajstić information content (AvgIpc) is 2.91. The van der Waals surface area contributed by atoms with Gasteiger partial charge < -0.3 is 5.11 Å². The van der Waals surface area contributed by atoms with Crippen molar-refractivity contribution in [1.82, 2.24) is 0 Å². The number of ketones is 2. The van der Waals surface area contributed by atoms with Gasteiger partial charge in [-0.05, 0) is 19.1 Å². The standard InChI is InChI=1S/C15H14O4S2/c1-3-5-6-11(4-2)21-14-7-10(9-20-14)12(16)8-13(17)15(18)19/h3-7,9H,1,8H2,2H3,(H,18,19)/b6-5-,11-4+. The molecule has 1 rings (SSSR count). The molecule has 6 heteroatoms. The first-order chi connectivity index (χ1) is 9.97. The molecule has 1 heterocycles. The predicted octanol–water partition coefficient (Wildman–Crippen LogP) is 3.71. The summed E-state index contributed by atoms with van der Waals surface area (Å²) in [4.78, 5) is 34.2. The third-order valence-corrected chi connectivity index (χ3v) is 4.54. The topological polar surface area (TPSA) is 71.4 Å². The van der Waals surface area contributed by atoms with E-state index in [4.69, 9.17) is 5.11 Å². The largest absolute Gasteiger partial charge is 0.475 e. The van der Waals surface area contributed by atoms with Crippen LogP contribution in [0.1, 0.15) is 23.7 Å². The number of Topliss-reactive ketones (excluding diaryl/α,β-unsaturated/α-hetero) is 2. The number of allylic oxidation sites excluding steroid dienone is 4. The molecule has 0 unspecified atom stereocenters. The average molecular weight is 322 g/mol. The fraction of sp³-hybridized carbons (Fsp3) is 0.133. The van der Waals surface area contributed by atoms with Crippen molar-refractivity contribution in [3.63, 3.8) is 0 Å². The number of rotatable bonds is 8. The molecule has 0 aliphatic carbocycles. The van der Waals surface area contributed by atoms with Crippen LogP contribution in [0.15, 0.2) is 51.4 Å². The zero-order valence-electron chi connectivity index (χ0n) is 11.4. The lowest BCUT2D eigenvalue weighted by molar-refractivity contribution is -0.148. The monoisotopic (exact) mass is 322 g/mol. The number of hydrogen-bond donors (Lipinski definition) is 1. The molecular formula is C15H14O4S2. The summed E-state index contributed by atoms with van der Waals surface area (Å²) in [6.07, 6.45) is 6.70. The highest BCUT2D eigenvalue weighted by Crippen LogP contribution is 2.33. The molecule has 0 saturated heterocycles. The van der Waals surface area contributed by atoms with Gasteiger partial charge in [0.25, 0.3) is 0 Å². The lowest BCUT2D eigenvalue weighted by Crippen LogP contribution is -2.16. The summed E-state index contributed by atoms with van der Waals surface area (Å²) >= 11 is 2.86. The van der Waals surface area contributed by atoms with Gasteiger partial charge in [0, 0.05) is 15.8 Å². The van der Waals surface area contributed by atoms with Crippen LogP contribution in [-0.4, -0.2) is 22.6 Å². The summed E-state index contributed by atoms with van der Waals surface area (Å²) in [6, 6.07) is 1.66. The second-order valence-corrected chi connectivity index (χ2v) is 6.16. The molecule has 0 amide bonds. The molecule has 0 aliphatic heterocycles. The number of aliphatic carboxylic acids is 1. The number of carboxylic acids is 1. The Morgan fingerprint density at radius 3 is 2.71 bits per heavy atom. The van der Waals surface area contributed by atoms with Crippen molar-refractivity contribution < 1.29 is 19.5 Å². The van der Waals surface area contributed by atoms with Crippen LogP contribution in [0.3, 0.4) is 0 Å². The molecular weight excluding hydrogens is 308 g/mol. The normalized spacial score (nSPS) is 11.6. The van der Waals surface area contributed by atoms with Gasteiger partial charge in [-0.15, -0.1) is 11.3 Å². The first-order valence-electron chi connectivity index (χ1n) is 5.99. The first kappa shape index (κ1) is 17.1. The molecule has 110 valence electrons. The van der Waals surface area contributed by atoms with Gasteiger partial charge in [0.1, 0.15) is 0 Å². The van der Waals surface area contributed by atoms with Crippen LogP contribution in [0.2, 0.25) is 0 Å². The van der Waals surface area contributed by atoms with E-state index in [1.807, 2.05) is 25.2 Å². The summed E-state index contributed by atoms with van der Waals surface area (Å²) in [6.45, 7) is 5.50. The Kier molecular flexibility index (Phi) is 6.84. The molecule has 0 bridgehead atoms. The molecule has 0 aliphatic rings. The lowest BCUT2D eigenvalue weighted by Gasteiger charge is -1.97. The van der Waals surface area contributed by atoms with Gasteiger partial charge in [-0.25, -0.2) is 4.79 Å². The Balaban J connectivity index is 2.75. The molecule has 1 aromatic rings. The Bertz CT molecular complexity index is 623. The number of hydrogen-bond acceptors (Lipinski definition) is 5. The highest BCUT2D eigenvalue weighted by atomic mass is 32.2. The van der Waals surface area contributed by atoms with Crippen molar-refractivity contribution in [1.29, 1.82) is 0 Å². The lowest BCUT2D eigenvalue weighted by atomic mass is 10.1. The van der Waals surface area contributed by atoms with Gasteiger partial charge >= 0.3 is 5.97 Å². The molecule has 1 N–H and O–H groups in total. The van der Waals surface area contributed by atoms with Crippen molar-refractivity contribution in [2.45, 2.75) is 17.6 Å². The second-order valence-electron chi connectivity index (χ2n) is 3.87. The van der Waals surface area contributed by atoms with Crippen LogP contribution in [0.25, 0.3) is 0 Å². The maximum absolute atomic E-state index is 11.8. The summed E-state index contributed by atoms with van der Waals surface area (Å²) < 4.78 is 0.892. The van der Waals surface area contributed by atoms with Gasteiger partial charge in [0.2, 0.25) is 5.78 Å². The number of thioether (sulfide) groups is 1. The van der Waals surface area contributed by atoms with Gasteiger partial charge in [-0.1, -0.05) is 36.6 Å². The van der Waals surface area contributed by atoms with Crippen LogP contribution in [-0.2, 0) is 9.59 Å². The Hall–Kier alpha value is -1.92. The van der Waals surface area contributed by atoms with Crippen LogP contribution in [0, 0.1) is 0 Å². The SMILES string of the molecule is C=C/C=C\C(=C/C)Sc1cc(C(=O)CC(=O)C(=O)O)cs1. The maximum Gasteiger partial charge on any atom is 0.372 e. The van der Waals surface area contributed by atoms with E-state index in [0.29, 0.717) is 5.56 Å². The van der Waals surface area contributed by atoms with Gasteiger partial charge in [0.15, 0.2) is 5.78 Å². The molecule has 1 aromatic heterocycles. The maximum atomic E-state index is 11.8. The van der Waals surface area contributed by atoms with Crippen LogP contribution in [0.5, 0.6) is 0 Å². The van der Waals surface area contributed by atoms with E-state index in [2.05, 4.69) is 6.58 Å². The highest BCUT2D eigenvalue weighted by Gasteiger charge is 2.18. The minimum Gasteiger partial charge on any atom is -0.475 e. The molecule has 0 aromatic carbocycles. The smallest absolute Gasteiger partial charge is 0.372 e. The number of carboxylic acid groups (broad SMARTS) is 1. The summed E-state index contributed by atoms with van der Waals surface area (Å²) in [5.41, 5.74) is 0.361. The van der Waals surface area contributed by atoms with E-state index >= 15 is 0 Å². The third kappa shape index (κ3) is 5.53. The molecule has 0 atom stereocenters. The van der Waals surface area contributed by atoms with Crippen molar-refractivity contribution >= 4 is 40.6 Å². The first-order valence-corrected chi connectivity index (χ1v) is 7.68. The number of carbonyl (C=O) groups is 3. The van der Waals surface area contributed by atoms with Crippen molar-refractivity contribution in [3.05, 3.63) is 52.8 Å². The van der Waals surface area contributed by atoms with Crippen molar-refractivity contribution in [2.75, 3.05) is 0 Å². The predicted molar refractivity (Wildman–Crippen MR) is 84.9 cm³/mol. The Morgan fingerprint density at radius 1 is 1.43 bits per heavy atom. The number of carbonyl (C=O) groups excluding carboxylic acids is 2. The van der Waals surface area contributed by atoms with E-state index in [9.17, 15) is 14.4 Å². The van der Waals surface area contributed by atoms with Crippen LogP contribution in [0.4, 0.5) is 0 Å². The van der Waals surface area contributed by atoms with Gasteiger partial charge in [0.05, 0.1) is 10.6 Å². The zero-order chi connectivity index (χ0) is 15.8.